The smallest absolute Gasteiger partial charge is 0.340 e. The minimum Gasteiger partial charge on any atom is -0.340 e. The molecule has 144 valence electrons. The standard InChI is InChI=1S/C18H11F5N4O/c19-12-6-5-10(7-13(12)20)26-17(28)15-8-16(25-9-24-15)27-14-4-2-1-3-11(14)18(21,22)23/h1-9H,(H,26,28)(H,24,25,27). The molecule has 0 saturated carbocycles. The molecule has 1 aromatic heterocycles. The van der Waals surface area contributed by atoms with Gasteiger partial charge in [0.1, 0.15) is 17.8 Å². The molecule has 10 heteroatoms. The molecule has 0 fully saturated rings. The Labute approximate surface area is 155 Å². The lowest BCUT2D eigenvalue weighted by molar-refractivity contribution is -0.136. The number of alkyl halides is 3. The van der Waals surface area contributed by atoms with Crippen LogP contribution >= 0.6 is 0 Å². The number of nitrogens with zero attached hydrogens (tertiary/aromatic N) is 2. The average Bonchev–Trinajstić information content (AvgIpc) is 2.64. The molecule has 2 N–H and O–H groups in total. The molecular formula is C18H11F5N4O. The third-order valence-corrected chi connectivity index (χ3v) is 3.57. The van der Waals surface area contributed by atoms with Crippen LogP contribution in [0.2, 0.25) is 0 Å². The van der Waals surface area contributed by atoms with Crippen LogP contribution in [0, 0.1) is 11.6 Å². The highest BCUT2D eigenvalue weighted by atomic mass is 19.4. The monoisotopic (exact) mass is 394 g/mol. The quantitative estimate of drug-likeness (QED) is 0.626. The number of benzene rings is 2. The molecule has 2 aromatic carbocycles. The minimum atomic E-state index is -4.58. The summed E-state index contributed by atoms with van der Waals surface area (Å²) >= 11 is 0. The number of para-hydroxylation sites is 1. The molecule has 0 unspecified atom stereocenters. The summed E-state index contributed by atoms with van der Waals surface area (Å²) < 4.78 is 65.4. The van der Waals surface area contributed by atoms with Gasteiger partial charge in [0.05, 0.1) is 11.3 Å². The highest BCUT2D eigenvalue weighted by Gasteiger charge is 2.33. The van der Waals surface area contributed by atoms with Gasteiger partial charge < -0.3 is 10.6 Å². The fourth-order valence-corrected chi connectivity index (χ4v) is 2.30. The highest BCUT2D eigenvalue weighted by molar-refractivity contribution is 6.03. The van der Waals surface area contributed by atoms with E-state index in [0.29, 0.717) is 0 Å². The van der Waals surface area contributed by atoms with Crippen LogP contribution in [0.1, 0.15) is 16.1 Å². The number of anilines is 3. The van der Waals surface area contributed by atoms with Crippen molar-refractivity contribution in [2.24, 2.45) is 0 Å². The second kappa shape index (κ2) is 7.59. The van der Waals surface area contributed by atoms with Gasteiger partial charge in [-0.3, -0.25) is 4.79 Å². The van der Waals surface area contributed by atoms with Gasteiger partial charge in [0.25, 0.3) is 5.91 Å². The SMILES string of the molecule is O=C(Nc1ccc(F)c(F)c1)c1cc(Nc2ccccc2C(F)(F)F)ncn1. The van der Waals surface area contributed by atoms with E-state index < -0.39 is 29.3 Å². The maximum absolute atomic E-state index is 13.2. The van der Waals surface area contributed by atoms with E-state index in [1.165, 1.54) is 18.2 Å². The number of hydrogen-bond donors (Lipinski definition) is 2. The fraction of sp³-hybridized carbons (Fsp3) is 0.0556. The minimum absolute atomic E-state index is 0.0144. The molecule has 0 bridgehead atoms. The summed E-state index contributed by atoms with van der Waals surface area (Å²) in [6.07, 6.45) is -3.60. The Hall–Kier alpha value is -3.56. The number of carbonyl (C=O) groups is 1. The number of amides is 1. The molecule has 0 aliphatic rings. The van der Waals surface area contributed by atoms with Crippen LogP contribution in [0.5, 0.6) is 0 Å². The first kappa shape index (κ1) is 19.2. The van der Waals surface area contributed by atoms with Crippen LogP contribution in [-0.4, -0.2) is 15.9 Å². The van der Waals surface area contributed by atoms with Gasteiger partial charge in [-0.1, -0.05) is 12.1 Å². The number of rotatable bonds is 4. The number of carbonyl (C=O) groups excluding carboxylic acids is 1. The Morgan fingerprint density at radius 1 is 0.929 bits per heavy atom. The summed E-state index contributed by atoms with van der Waals surface area (Å²) in [6.45, 7) is 0. The Morgan fingerprint density at radius 2 is 1.68 bits per heavy atom. The first-order chi connectivity index (χ1) is 13.2. The summed E-state index contributed by atoms with van der Waals surface area (Å²) in [6, 6.07) is 8.67. The molecule has 5 nitrogen and oxygen atoms in total. The van der Waals surface area contributed by atoms with Crippen molar-refractivity contribution >= 4 is 23.1 Å². The fourth-order valence-electron chi connectivity index (χ4n) is 2.30. The van der Waals surface area contributed by atoms with Crippen molar-refractivity contribution < 1.29 is 26.7 Å². The van der Waals surface area contributed by atoms with E-state index in [0.717, 1.165) is 36.7 Å². The Bertz CT molecular complexity index is 1020. The third-order valence-electron chi connectivity index (χ3n) is 3.57. The van der Waals surface area contributed by atoms with Gasteiger partial charge >= 0.3 is 6.18 Å². The molecule has 0 saturated heterocycles. The third kappa shape index (κ3) is 4.40. The van der Waals surface area contributed by atoms with E-state index in [1.807, 2.05) is 0 Å². The first-order valence-electron chi connectivity index (χ1n) is 7.76. The van der Waals surface area contributed by atoms with Crippen LogP contribution in [0.15, 0.2) is 54.9 Å². The highest BCUT2D eigenvalue weighted by Crippen LogP contribution is 2.35. The summed E-state index contributed by atoms with van der Waals surface area (Å²) in [4.78, 5) is 19.7. The van der Waals surface area contributed by atoms with Gasteiger partial charge in [0.15, 0.2) is 11.6 Å². The predicted octanol–water partition coefficient (Wildman–Crippen LogP) is 4.77. The zero-order valence-electron chi connectivity index (χ0n) is 13.9. The van der Waals surface area contributed by atoms with Gasteiger partial charge in [-0.25, -0.2) is 18.7 Å². The van der Waals surface area contributed by atoms with E-state index in [-0.39, 0.29) is 22.9 Å². The van der Waals surface area contributed by atoms with Crippen molar-refractivity contribution in [3.05, 3.63) is 77.8 Å². The number of aromatic nitrogens is 2. The number of hydrogen-bond acceptors (Lipinski definition) is 4. The lowest BCUT2D eigenvalue weighted by Crippen LogP contribution is -2.15. The van der Waals surface area contributed by atoms with Crippen molar-refractivity contribution in [2.75, 3.05) is 10.6 Å². The average molecular weight is 394 g/mol. The lowest BCUT2D eigenvalue weighted by Gasteiger charge is -2.14. The molecule has 0 spiro atoms. The summed E-state index contributed by atoms with van der Waals surface area (Å²) in [5.41, 5.74) is -1.35. The molecule has 3 aromatic rings. The maximum atomic E-state index is 13.2. The molecule has 1 heterocycles. The summed E-state index contributed by atoms with van der Waals surface area (Å²) in [5, 5.41) is 4.80. The lowest BCUT2D eigenvalue weighted by atomic mass is 10.1. The van der Waals surface area contributed by atoms with Gasteiger partial charge in [-0.15, -0.1) is 0 Å². The normalized spacial score (nSPS) is 11.2. The van der Waals surface area contributed by atoms with Crippen molar-refractivity contribution in [3.63, 3.8) is 0 Å². The molecule has 1 amide bonds. The Balaban J connectivity index is 1.81. The topological polar surface area (TPSA) is 66.9 Å². The zero-order chi connectivity index (χ0) is 20.3. The Kier molecular flexibility index (Phi) is 5.21. The molecular weight excluding hydrogens is 383 g/mol. The van der Waals surface area contributed by atoms with Crippen molar-refractivity contribution in [2.45, 2.75) is 6.18 Å². The van der Waals surface area contributed by atoms with Crippen LogP contribution in [0.4, 0.5) is 39.1 Å². The van der Waals surface area contributed by atoms with Crippen LogP contribution in [0.25, 0.3) is 0 Å². The summed E-state index contributed by atoms with van der Waals surface area (Å²) in [5.74, 6) is -3.05. The summed E-state index contributed by atoms with van der Waals surface area (Å²) in [7, 11) is 0. The molecule has 0 radical (unpaired) electrons. The maximum Gasteiger partial charge on any atom is 0.418 e. The molecule has 3 rings (SSSR count). The van der Waals surface area contributed by atoms with Crippen LogP contribution in [-0.2, 0) is 6.18 Å². The van der Waals surface area contributed by atoms with Crippen molar-refractivity contribution in [3.8, 4) is 0 Å². The molecule has 0 aliphatic heterocycles. The van der Waals surface area contributed by atoms with E-state index >= 15 is 0 Å². The van der Waals surface area contributed by atoms with Gasteiger partial charge in [-0.2, -0.15) is 13.2 Å². The largest absolute Gasteiger partial charge is 0.418 e. The van der Waals surface area contributed by atoms with Gasteiger partial charge in [0, 0.05) is 17.8 Å². The Morgan fingerprint density at radius 3 is 2.39 bits per heavy atom. The van der Waals surface area contributed by atoms with Crippen LogP contribution in [0.3, 0.4) is 0 Å². The first-order valence-corrected chi connectivity index (χ1v) is 7.76. The second-order valence-corrected chi connectivity index (χ2v) is 5.54. The predicted molar refractivity (Wildman–Crippen MR) is 91.1 cm³/mol. The number of halogens is 5. The molecule has 0 aliphatic carbocycles. The molecule has 0 atom stereocenters. The van der Waals surface area contributed by atoms with E-state index in [1.54, 1.807) is 0 Å². The molecule has 28 heavy (non-hydrogen) atoms. The van der Waals surface area contributed by atoms with E-state index in [4.69, 9.17) is 0 Å². The second-order valence-electron chi connectivity index (χ2n) is 5.54. The van der Waals surface area contributed by atoms with Gasteiger partial charge in [-0.05, 0) is 24.3 Å². The van der Waals surface area contributed by atoms with Gasteiger partial charge in [0.2, 0.25) is 0 Å². The number of nitrogens with one attached hydrogen (secondary N) is 2. The van der Waals surface area contributed by atoms with Crippen LogP contribution < -0.4 is 10.6 Å². The van der Waals surface area contributed by atoms with E-state index in [9.17, 15) is 26.7 Å². The van der Waals surface area contributed by atoms with Crippen molar-refractivity contribution in [1.82, 2.24) is 9.97 Å². The zero-order valence-corrected chi connectivity index (χ0v) is 13.9. The van der Waals surface area contributed by atoms with E-state index in [2.05, 4.69) is 20.6 Å². The van der Waals surface area contributed by atoms with Crippen molar-refractivity contribution in [1.29, 1.82) is 0 Å².